The Morgan fingerprint density at radius 1 is 1.67 bits per heavy atom. The van der Waals surface area contributed by atoms with Gasteiger partial charge < -0.3 is 10.6 Å². The van der Waals surface area contributed by atoms with Gasteiger partial charge in [-0.25, -0.2) is 0 Å². The molecule has 2 N–H and O–H groups in total. The van der Waals surface area contributed by atoms with Crippen molar-refractivity contribution in [1.82, 2.24) is 10.6 Å². The Kier molecular flexibility index (Phi) is 3.53. The number of hydrogen-bond acceptors (Lipinski definition) is 2. The maximum Gasteiger partial charge on any atom is 0.216 e. The summed E-state index contributed by atoms with van der Waals surface area (Å²) in [6.45, 7) is 6.83. The van der Waals surface area contributed by atoms with E-state index < -0.39 is 0 Å². The van der Waals surface area contributed by atoms with Crippen LogP contribution < -0.4 is 10.6 Å². The summed E-state index contributed by atoms with van der Waals surface area (Å²) in [5.41, 5.74) is 0. The first-order valence-electron chi connectivity index (χ1n) is 4.65. The Morgan fingerprint density at radius 3 is 3.00 bits per heavy atom. The molecule has 0 bridgehead atoms. The van der Waals surface area contributed by atoms with E-state index in [0.717, 1.165) is 19.6 Å². The molecule has 1 saturated heterocycles. The number of amides is 1. The van der Waals surface area contributed by atoms with Gasteiger partial charge in [-0.2, -0.15) is 0 Å². The highest BCUT2D eigenvalue weighted by atomic mass is 16.1. The van der Waals surface area contributed by atoms with E-state index in [-0.39, 0.29) is 5.91 Å². The van der Waals surface area contributed by atoms with E-state index >= 15 is 0 Å². The molecule has 0 aromatic heterocycles. The number of rotatable bonds is 2. The van der Waals surface area contributed by atoms with Crippen LogP contribution in [0.1, 0.15) is 20.3 Å². The third kappa shape index (κ3) is 2.81. The summed E-state index contributed by atoms with van der Waals surface area (Å²) in [4.78, 5) is 10.7. The summed E-state index contributed by atoms with van der Waals surface area (Å²) in [6, 6.07) is 0. The summed E-state index contributed by atoms with van der Waals surface area (Å²) in [5.74, 6) is 1.43. The summed E-state index contributed by atoms with van der Waals surface area (Å²) in [5, 5.41) is 6.22. The van der Waals surface area contributed by atoms with Crippen molar-refractivity contribution in [3.63, 3.8) is 0 Å². The Hall–Kier alpha value is -0.570. The van der Waals surface area contributed by atoms with Gasteiger partial charge in [0.15, 0.2) is 0 Å². The van der Waals surface area contributed by atoms with E-state index in [9.17, 15) is 4.79 Å². The lowest BCUT2D eigenvalue weighted by Gasteiger charge is -2.29. The zero-order valence-electron chi connectivity index (χ0n) is 7.89. The summed E-state index contributed by atoms with van der Waals surface area (Å²) < 4.78 is 0. The molecule has 1 heterocycles. The zero-order chi connectivity index (χ0) is 8.97. The number of hydrogen-bond donors (Lipinski definition) is 2. The third-order valence-corrected chi connectivity index (χ3v) is 2.58. The molecule has 0 aromatic rings. The molecule has 0 radical (unpaired) electrons. The van der Waals surface area contributed by atoms with Gasteiger partial charge in [-0.05, 0) is 31.3 Å². The number of carbonyl (C=O) groups excluding carboxylic acids is 1. The lowest BCUT2D eigenvalue weighted by molar-refractivity contribution is -0.119. The van der Waals surface area contributed by atoms with Crippen molar-refractivity contribution in [3.05, 3.63) is 0 Å². The molecule has 1 aliphatic heterocycles. The number of piperidine rings is 1. The maximum atomic E-state index is 10.7. The Labute approximate surface area is 73.9 Å². The molecule has 0 aliphatic carbocycles. The van der Waals surface area contributed by atoms with Gasteiger partial charge in [0.2, 0.25) is 5.91 Å². The van der Waals surface area contributed by atoms with Crippen molar-refractivity contribution in [1.29, 1.82) is 0 Å². The molecule has 12 heavy (non-hydrogen) atoms. The normalized spacial score (nSPS) is 29.8. The number of nitrogens with one attached hydrogen (secondary N) is 2. The minimum atomic E-state index is 0.0840. The maximum absolute atomic E-state index is 10.7. The quantitative estimate of drug-likeness (QED) is 0.628. The van der Waals surface area contributed by atoms with Crippen LogP contribution in [0, 0.1) is 11.8 Å². The van der Waals surface area contributed by atoms with Gasteiger partial charge in [-0.15, -0.1) is 0 Å². The van der Waals surface area contributed by atoms with E-state index in [1.165, 1.54) is 6.42 Å². The Balaban J connectivity index is 2.24. The van der Waals surface area contributed by atoms with Crippen LogP contribution in [-0.2, 0) is 4.79 Å². The molecular weight excluding hydrogens is 152 g/mol. The predicted octanol–water partition coefficient (Wildman–Crippen LogP) is 0.368. The molecular formula is C9H18N2O. The smallest absolute Gasteiger partial charge is 0.216 e. The molecule has 2 atom stereocenters. The van der Waals surface area contributed by atoms with Crippen LogP contribution in [0.15, 0.2) is 0 Å². The highest BCUT2D eigenvalue weighted by molar-refractivity contribution is 5.72. The van der Waals surface area contributed by atoms with Crippen LogP contribution in [0.2, 0.25) is 0 Å². The van der Waals surface area contributed by atoms with Crippen LogP contribution in [0.25, 0.3) is 0 Å². The lowest BCUT2D eigenvalue weighted by atomic mass is 9.88. The minimum Gasteiger partial charge on any atom is -0.356 e. The second kappa shape index (κ2) is 4.45. The molecule has 0 aromatic carbocycles. The van der Waals surface area contributed by atoms with E-state index in [0.29, 0.717) is 11.8 Å². The zero-order valence-corrected chi connectivity index (χ0v) is 7.89. The van der Waals surface area contributed by atoms with E-state index in [1.54, 1.807) is 6.92 Å². The predicted molar refractivity (Wildman–Crippen MR) is 48.8 cm³/mol. The Bertz CT molecular complexity index is 159. The first-order valence-corrected chi connectivity index (χ1v) is 4.65. The second-order valence-corrected chi connectivity index (χ2v) is 3.67. The summed E-state index contributed by atoms with van der Waals surface area (Å²) >= 11 is 0. The van der Waals surface area contributed by atoms with E-state index in [4.69, 9.17) is 0 Å². The van der Waals surface area contributed by atoms with Gasteiger partial charge in [-0.1, -0.05) is 6.92 Å². The van der Waals surface area contributed by atoms with Crippen LogP contribution in [0.4, 0.5) is 0 Å². The fourth-order valence-corrected chi connectivity index (χ4v) is 1.65. The van der Waals surface area contributed by atoms with Crippen molar-refractivity contribution in [2.24, 2.45) is 11.8 Å². The first-order chi connectivity index (χ1) is 5.70. The van der Waals surface area contributed by atoms with E-state index in [2.05, 4.69) is 17.6 Å². The Morgan fingerprint density at radius 2 is 2.42 bits per heavy atom. The van der Waals surface area contributed by atoms with Gasteiger partial charge in [-0.3, -0.25) is 4.79 Å². The standard InChI is InChI=1S/C9H18N2O/c1-7-5-10-4-3-9(7)6-11-8(2)12/h7,9-10H,3-6H2,1-2H3,(H,11,12)/t7-,9-/m0/s1. The van der Waals surface area contributed by atoms with Gasteiger partial charge in [0.25, 0.3) is 0 Å². The van der Waals surface area contributed by atoms with Crippen molar-refractivity contribution in [2.45, 2.75) is 20.3 Å². The molecule has 0 spiro atoms. The molecule has 1 aliphatic rings. The molecule has 3 nitrogen and oxygen atoms in total. The van der Waals surface area contributed by atoms with Crippen molar-refractivity contribution >= 4 is 5.91 Å². The second-order valence-electron chi connectivity index (χ2n) is 3.67. The molecule has 1 amide bonds. The molecule has 0 saturated carbocycles. The van der Waals surface area contributed by atoms with Gasteiger partial charge >= 0.3 is 0 Å². The average Bonchev–Trinajstić information content (AvgIpc) is 2.03. The minimum absolute atomic E-state index is 0.0840. The van der Waals surface area contributed by atoms with Crippen LogP contribution in [0.5, 0.6) is 0 Å². The molecule has 3 heteroatoms. The van der Waals surface area contributed by atoms with Crippen LogP contribution in [-0.4, -0.2) is 25.5 Å². The third-order valence-electron chi connectivity index (χ3n) is 2.58. The highest BCUT2D eigenvalue weighted by Gasteiger charge is 2.20. The van der Waals surface area contributed by atoms with Crippen molar-refractivity contribution in [3.8, 4) is 0 Å². The first kappa shape index (κ1) is 9.52. The van der Waals surface area contributed by atoms with Crippen molar-refractivity contribution < 1.29 is 4.79 Å². The fourth-order valence-electron chi connectivity index (χ4n) is 1.65. The molecule has 1 rings (SSSR count). The molecule has 70 valence electrons. The lowest BCUT2D eigenvalue weighted by Crippen LogP contribution is -2.40. The van der Waals surface area contributed by atoms with Crippen LogP contribution in [0.3, 0.4) is 0 Å². The van der Waals surface area contributed by atoms with Crippen molar-refractivity contribution in [2.75, 3.05) is 19.6 Å². The van der Waals surface area contributed by atoms with Gasteiger partial charge in [0.1, 0.15) is 0 Å². The topological polar surface area (TPSA) is 41.1 Å². The fraction of sp³-hybridized carbons (Fsp3) is 0.889. The van der Waals surface area contributed by atoms with E-state index in [1.807, 2.05) is 0 Å². The van der Waals surface area contributed by atoms with Crippen LogP contribution >= 0.6 is 0 Å². The monoisotopic (exact) mass is 170 g/mol. The molecule has 1 fully saturated rings. The summed E-state index contributed by atoms with van der Waals surface area (Å²) in [6.07, 6.45) is 1.18. The largest absolute Gasteiger partial charge is 0.356 e. The van der Waals surface area contributed by atoms with Gasteiger partial charge in [0, 0.05) is 13.5 Å². The number of carbonyl (C=O) groups is 1. The van der Waals surface area contributed by atoms with Gasteiger partial charge in [0.05, 0.1) is 0 Å². The SMILES string of the molecule is CC(=O)NC[C@@H]1CCNC[C@@H]1C. The highest BCUT2D eigenvalue weighted by Crippen LogP contribution is 2.17. The average molecular weight is 170 g/mol. The summed E-state index contributed by atoms with van der Waals surface area (Å²) in [7, 11) is 0. The molecule has 0 unspecified atom stereocenters.